The summed E-state index contributed by atoms with van der Waals surface area (Å²) < 4.78 is 5.50. The molecule has 0 amide bonds. The number of rotatable bonds is 4. The van der Waals surface area contributed by atoms with Crippen molar-refractivity contribution in [2.75, 3.05) is 10.6 Å². The average Bonchev–Trinajstić information content (AvgIpc) is 3.06. The van der Waals surface area contributed by atoms with Gasteiger partial charge in [-0.05, 0) is 31.0 Å². The van der Waals surface area contributed by atoms with Crippen molar-refractivity contribution in [3.05, 3.63) is 36.7 Å². The Labute approximate surface area is 131 Å². The Hall–Kier alpha value is -3.09. The molecular weight excluding hydrogens is 292 g/mol. The molecule has 0 atom stereocenters. The van der Waals surface area contributed by atoms with Gasteiger partial charge in [0.05, 0.1) is 18.0 Å². The maximum atomic E-state index is 5.50. The van der Waals surface area contributed by atoms with Crippen LogP contribution in [0.3, 0.4) is 0 Å². The van der Waals surface area contributed by atoms with E-state index in [-0.39, 0.29) is 0 Å². The summed E-state index contributed by atoms with van der Waals surface area (Å²) >= 11 is 0. The van der Waals surface area contributed by atoms with Crippen LogP contribution in [0.25, 0.3) is 22.0 Å². The summed E-state index contributed by atoms with van der Waals surface area (Å²) in [5.41, 5.74) is 3.40. The predicted octanol–water partition coefficient (Wildman–Crippen LogP) is 3.42. The van der Waals surface area contributed by atoms with Crippen LogP contribution < -0.4 is 10.6 Å². The molecule has 0 radical (unpaired) electrons. The van der Waals surface area contributed by atoms with Crippen molar-refractivity contribution in [3.8, 4) is 0 Å². The van der Waals surface area contributed by atoms with Crippen LogP contribution >= 0.6 is 0 Å². The van der Waals surface area contributed by atoms with Gasteiger partial charge in [-0.15, -0.1) is 0 Å². The van der Waals surface area contributed by atoms with Gasteiger partial charge in [-0.2, -0.15) is 10.1 Å². The lowest BCUT2D eigenvalue weighted by atomic mass is 10.2. The number of anilines is 3. The van der Waals surface area contributed by atoms with Gasteiger partial charge in [0, 0.05) is 23.2 Å². The zero-order valence-corrected chi connectivity index (χ0v) is 12.2. The molecule has 7 heteroatoms. The molecule has 1 fully saturated rings. The Morgan fingerprint density at radius 2 is 2.13 bits per heavy atom. The number of fused-ring (bicyclic) bond motifs is 2. The van der Waals surface area contributed by atoms with Crippen molar-refractivity contribution < 1.29 is 4.42 Å². The quantitative estimate of drug-likeness (QED) is 0.535. The van der Waals surface area contributed by atoms with E-state index < -0.39 is 0 Å². The SMILES string of the molecule is c1cc2nc(Nc3ccc4[nH]ncc4c3)nc(NC3CC3)c2o1. The highest BCUT2D eigenvalue weighted by atomic mass is 16.3. The molecule has 0 saturated heterocycles. The largest absolute Gasteiger partial charge is 0.459 e. The fourth-order valence-electron chi connectivity index (χ4n) is 2.59. The fourth-order valence-corrected chi connectivity index (χ4v) is 2.59. The molecule has 1 aliphatic carbocycles. The summed E-state index contributed by atoms with van der Waals surface area (Å²) in [6.45, 7) is 0. The molecule has 114 valence electrons. The second-order valence-corrected chi connectivity index (χ2v) is 5.75. The van der Waals surface area contributed by atoms with Gasteiger partial charge in [0.25, 0.3) is 0 Å². The first-order valence-corrected chi connectivity index (χ1v) is 7.57. The monoisotopic (exact) mass is 306 g/mol. The molecule has 3 N–H and O–H groups in total. The first kappa shape index (κ1) is 12.5. The van der Waals surface area contributed by atoms with Crippen LogP contribution in [0, 0.1) is 0 Å². The highest BCUT2D eigenvalue weighted by Gasteiger charge is 2.23. The summed E-state index contributed by atoms with van der Waals surface area (Å²) in [7, 11) is 0. The third-order valence-electron chi connectivity index (χ3n) is 3.92. The second kappa shape index (κ2) is 4.70. The van der Waals surface area contributed by atoms with Gasteiger partial charge in [-0.3, -0.25) is 5.10 Å². The minimum absolute atomic E-state index is 0.494. The Morgan fingerprint density at radius 3 is 3.04 bits per heavy atom. The lowest BCUT2D eigenvalue weighted by Crippen LogP contribution is -2.06. The number of furan rings is 1. The van der Waals surface area contributed by atoms with E-state index in [1.807, 2.05) is 24.3 Å². The molecule has 0 aliphatic heterocycles. The van der Waals surface area contributed by atoms with Gasteiger partial charge < -0.3 is 15.1 Å². The standard InChI is InChI=1S/C16H14N6O/c1-2-10(1)18-15-14-13(5-6-23-14)20-16(21-15)19-11-3-4-12-9(7-11)8-17-22-12/h3-8,10H,1-2H2,(H,17,22)(H2,18,19,20,21). The molecule has 0 unspecified atom stereocenters. The van der Waals surface area contributed by atoms with Crippen LogP contribution in [-0.4, -0.2) is 26.2 Å². The van der Waals surface area contributed by atoms with Crippen LogP contribution in [0.5, 0.6) is 0 Å². The van der Waals surface area contributed by atoms with Crippen molar-refractivity contribution in [1.82, 2.24) is 20.2 Å². The van der Waals surface area contributed by atoms with Gasteiger partial charge in [-0.25, -0.2) is 4.98 Å². The van der Waals surface area contributed by atoms with E-state index in [0.29, 0.717) is 17.6 Å². The molecule has 3 heterocycles. The molecule has 0 bridgehead atoms. The van der Waals surface area contributed by atoms with Crippen LogP contribution in [0.4, 0.5) is 17.5 Å². The Kier molecular flexibility index (Phi) is 2.55. The summed E-state index contributed by atoms with van der Waals surface area (Å²) in [6, 6.07) is 8.30. The number of aromatic nitrogens is 4. The van der Waals surface area contributed by atoms with E-state index in [1.54, 1.807) is 12.5 Å². The summed E-state index contributed by atoms with van der Waals surface area (Å²) in [5, 5.41) is 14.7. The van der Waals surface area contributed by atoms with Gasteiger partial charge >= 0.3 is 0 Å². The highest BCUT2D eigenvalue weighted by Crippen LogP contribution is 2.30. The number of benzene rings is 1. The average molecular weight is 306 g/mol. The van der Waals surface area contributed by atoms with E-state index >= 15 is 0 Å². The molecule has 23 heavy (non-hydrogen) atoms. The number of hydrogen-bond acceptors (Lipinski definition) is 6. The first-order chi connectivity index (χ1) is 11.3. The van der Waals surface area contributed by atoms with E-state index in [1.165, 1.54) is 12.8 Å². The Morgan fingerprint density at radius 1 is 1.17 bits per heavy atom. The molecule has 5 rings (SSSR count). The maximum Gasteiger partial charge on any atom is 0.229 e. The molecule has 1 aliphatic rings. The van der Waals surface area contributed by atoms with E-state index in [9.17, 15) is 0 Å². The Bertz CT molecular complexity index is 1000. The summed E-state index contributed by atoms with van der Waals surface area (Å²) in [4.78, 5) is 9.07. The highest BCUT2D eigenvalue weighted by molar-refractivity contribution is 5.86. The minimum atomic E-state index is 0.494. The first-order valence-electron chi connectivity index (χ1n) is 7.57. The maximum absolute atomic E-state index is 5.50. The normalized spacial score (nSPS) is 14.4. The van der Waals surface area contributed by atoms with Crippen LogP contribution in [0.1, 0.15) is 12.8 Å². The van der Waals surface area contributed by atoms with Crippen LogP contribution in [0.15, 0.2) is 41.1 Å². The van der Waals surface area contributed by atoms with Gasteiger partial charge in [0.15, 0.2) is 11.4 Å². The number of H-pyrrole nitrogens is 1. The summed E-state index contributed by atoms with van der Waals surface area (Å²) in [6.07, 6.45) is 5.78. The molecular formula is C16H14N6O. The smallest absolute Gasteiger partial charge is 0.229 e. The fraction of sp³-hybridized carbons (Fsp3) is 0.188. The zero-order valence-electron chi connectivity index (χ0n) is 12.2. The second-order valence-electron chi connectivity index (χ2n) is 5.75. The molecule has 3 aromatic heterocycles. The number of nitrogens with one attached hydrogen (secondary N) is 3. The van der Waals surface area contributed by atoms with Gasteiger partial charge in [0.1, 0.15) is 5.52 Å². The van der Waals surface area contributed by atoms with E-state index in [4.69, 9.17) is 4.42 Å². The molecule has 1 saturated carbocycles. The van der Waals surface area contributed by atoms with Gasteiger partial charge in [-0.1, -0.05) is 0 Å². The molecule has 1 aromatic carbocycles. The third-order valence-corrected chi connectivity index (χ3v) is 3.92. The number of nitrogens with zero attached hydrogens (tertiary/aromatic N) is 3. The van der Waals surface area contributed by atoms with Crippen LogP contribution in [-0.2, 0) is 0 Å². The zero-order chi connectivity index (χ0) is 15.2. The predicted molar refractivity (Wildman–Crippen MR) is 87.8 cm³/mol. The Balaban J connectivity index is 1.53. The lowest BCUT2D eigenvalue weighted by molar-refractivity contribution is 0.614. The molecule has 0 spiro atoms. The lowest BCUT2D eigenvalue weighted by Gasteiger charge is -2.08. The summed E-state index contributed by atoms with van der Waals surface area (Å²) in [5.74, 6) is 1.29. The number of aromatic amines is 1. The molecule has 7 nitrogen and oxygen atoms in total. The van der Waals surface area contributed by atoms with E-state index in [0.717, 1.165) is 27.9 Å². The van der Waals surface area contributed by atoms with Gasteiger partial charge in [0.2, 0.25) is 5.95 Å². The van der Waals surface area contributed by atoms with Crippen molar-refractivity contribution in [2.45, 2.75) is 18.9 Å². The molecule has 4 aromatic rings. The van der Waals surface area contributed by atoms with E-state index in [2.05, 4.69) is 30.8 Å². The van der Waals surface area contributed by atoms with Crippen molar-refractivity contribution in [1.29, 1.82) is 0 Å². The van der Waals surface area contributed by atoms with Crippen molar-refractivity contribution in [3.63, 3.8) is 0 Å². The number of hydrogen-bond donors (Lipinski definition) is 3. The van der Waals surface area contributed by atoms with Crippen molar-refractivity contribution >= 4 is 39.5 Å². The van der Waals surface area contributed by atoms with Crippen molar-refractivity contribution in [2.24, 2.45) is 0 Å². The minimum Gasteiger partial charge on any atom is -0.459 e. The topological polar surface area (TPSA) is 91.7 Å². The third kappa shape index (κ3) is 2.26. The van der Waals surface area contributed by atoms with Crippen LogP contribution in [0.2, 0.25) is 0 Å².